The lowest BCUT2D eigenvalue weighted by molar-refractivity contribution is -0.384. The van der Waals surface area contributed by atoms with E-state index < -0.39 is 16.7 Å². The summed E-state index contributed by atoms with van der Waals surface area (Å²) in [5, 5.41) is 11.7. The number of nitrogens with zero attached hydrogens (tertiary/aromatic N) is 1. The Bertz CT molecular complexity index is 1040. The predicted octanol–water partition coefficient (Wildman–Crippen LogP) is 3.33. The van der Waals surface area contributed by atoms with Gasteiger partial charge < -0.3 is 4.42 Å². The molecule has 0 aliphatic heterocycles. The van der Waals surface area contributed by atoms with E-state index in [2.05, 4.69) is 10.9 Å². The van der Waals surface area contributed by atoms with Crippen LogP contribution in [0.2, 0.25) is 0 Å². The Kier molecular flexibility index (Phi) is 4.89. The molecule has 0 aliphatic carbocycles. The summed E-state index contributed by atoms with van der Waals surface area (Å²) in [6.45, 7) is 1.74. The molecular formula is C17H12IN3O5. The van der Waals surface area contributed by atoms with Crippen LogP contribution in [-0.2, 0) is 0 Å². The quantitative estimate of drug-likeness (QED) is 0.350. The van der Waals surface area contributed by atoms with Gasteiger partial charge in [0.25, 0.3) is 11.6 Å². The number of hydrazine groups is 1. The molecule has 3 aromatic rings. The van der Waals surface area contributed by atoms with Crippen molar-refractivity contribution in [3.8, 4) is 0 Å². The van der Waals surface area contributed by atoms with Gasteiger partial charge in [0, 0.05) is 26.7 Å². The average molecular weight is 465 g/mol. The highest BCUT2D eigenvalue weighted by Gasteiger charge is 2.20. The number of fused-ring (bicyclic) bond motifs is 1. The first-order chi connectivity index (χ1) is 12.4. The number of nitro groups is 1. The van der Waals surface area contributed by atoms with Crippen molar-refractivity contribution in [3.05, 3.63) is 73.0 Å². The Morgan fingerprint density at radius 1 is 1.12 bits per heavy atom. The van der Waals surface area contributed by atoms with Crippen molar-refractivity contribution in [1.82, 2.24) is 10.9 Å². The van der Waals surface area contributed by atoms with Gasteiger partial charge in [0.1, 0.15) is 5.58 Å². The maximum atomic E-state index is 12.3. The molecule has 2 N–H and O–H groups in total. The number of rotatable bonds is 3. The second-order valence-electron chi connectivity index (χ2n) is 5.38. The summed E-state index contributed by atoms with van der Waals surface area (Å²) in [6.07, 6.45) is 0. The van der Waals surface area contributed by atoms with Crippen molar-refractivity contribution >= 4 is 51.1 Å². The standard InChI is InChI=1S/C17H12IN3O5/c1-9-11-4-2-3-5-14(11)26-15(9)17(23)20-19-16(22)12-8-10(21(24)25)6-7-13(12)18/h2-8H,1H3,(H,19,22)(H,20,23). The van der Waals surface area contributed by atoms with Crippen LogP contribution in [0.3, 0.4) is 0 Å². The van der Waals surface area contributed by atoms with Crippen LogP contribution in [-0.4, -0.2) is 16.7 Å². The van der Waals surface area contributed by atoms with E-state index in [1.807, 2.05) is 34.7 Å². The molecule has 0 bridgehead atoms. The number of carbonyl (C=O) groups excluding carboxylic acids is 2. The molecule has 0 aliphatic rings. The normalized spacial score (nSPS) is 10.5. The number of para-hydroxylation sites is 1. The van der Waals surface area contributed by atoms with Gasteiger partial charge in [-0.25, -0.2) is 0 Å². The van der Waals surface area contributed by atoms with Gasteiger partial charge in [0.05, 0.1) is 10.5 Å². The predicted molar refractivity (Wildman–Crippen MR) is 102 cm³/mol. The number of non-ortho nitro benzene ring substituents is 1. The van der Waals surface area contributed by atoms with Crippen LogP contribution >= 0.6 is 22.6 Å². The van der Waals surface area contributed by atoms with E-state index in [-0.39, 0.29) is 17.0 Å². The number of furan rings is 1. The number of benzene rings is 2. The molecule has 0 fully saturated rings. The smallest absolute Gasteiger partial charge is 0.305 e. The fourth-order valence-electron chi connectivity index (χ4n) is 2.43. The molecule has 2 amide bonds. The van der Waals surface area contributed by atoms with E-state index >= 15 is 0 Å². The third-order valence-corrected chi connectivity index (χ3v) is 4.69. The molecule has 0 radical (unpaired) electrons. The van der Waals surface area contributed by atoms with E-state index in [4.69, 9.17) is 4.42 Å². The van der Waals surface area contributed by atoms with Crippen molar-refractivity contribution in [3.63, 3.8) is 0 Å². The molecule has 0 atom stereocenters. The number of nitro benzene ring substituents is 1. The minimum absolute atomic E-state index is 0.0836. The molecule has 9 heteroatoms. The topological polar surface area (TPSA) is 114 Å². The van der Waals surface area contributed by atoms with Gasteiger partial charge in [0.2, 0.25) is 0 Å². The second kappa shape index (κ2) is 7.12. The molecular weight excluding hydrogens is 453 g/mol. The minimum atomic E-state index is -0.666. The summed E-state index contributed by atoms with van der Waals surface area (Å²) in [6, 6.07) is 11.1. The monoisotopic (exact) mass is 465 g/mol. The molecule has 1 aromatic heterocycles. The third-order valence-electron chi connectivity index (χ3n) is 3.74. The number of nitrogens with one attached hydrogen (secondary N) is 2. The van der Waals surface area contributed by atoms with Crippen LogP contribution in [0.25, 0.3) is 11.0 Å². The van der Waals surface area contributed by atoms with Crippen LogP contribution in [0, 0.1) is 20.6 Å². The van der Waals surface area contributed by atoms with E-state index in [9.17, 15) is 19.7 Å². The first-order valence-electron chi connectivity index (χ1n) is 7.41. The number of aryl methyl sites for hydroxylation is 1. The fourth-order valence-corrected chi connectivity index (χ4v) is 3.01. The first kappa shape index (κ1) is 17.9. The van der Waals surface area contributed by atoms with E-state index in [1.54, 1.807) is 19.1 Å². The lowest BCUT2D eigenvalue weighted by atomic mass is 10.1. The van der Waals surface area contributed by atoms with Crippen molar-refractivity contribution < 1.29 is 18.9 Å². The summed E-state index contributed by atoms with van der Waals surface area (Å²) in [5.41, 5.74) is 5.61. The Labute approximate surface area is 160 Å². The van der Waals surface area contributed by atoms with Crippen LogP contribution in [0.4, 0.5) is 5.69 Å². The van der Waals surface area contributed by atoms with Crippen molar-refractivity contribution in [2.75, 3.05) is 0 Å². The van der Waals surface area contributed by atoms with Crippen molar-refractivity contribution in [2.24, 2.45) is 0 Å². The van der Waals surface area contributed by atoms with E-state index in [0.717, 1.165) is 11.5 Å². The maximum absolute atomic E-state index is 12.3. The number of carbonyl (C=O) groups is 2. The van der Waals surface area contributed by atoms with Gasteiger partial charge >= 0.3 is 5.91 Å². The zero-order valence-electron chi connectivity index (χ0n) is 13.4. The zero-order chi connectivity index (χ0) is 18.8. The number of hydrogen-bond donors (Lipinski definition) is 2. The molecule has 0 saturated carbocycles. The lowest BCUT2D eigenvalue weighted by Gasteiger charge is -2.08. The largest absolute Gasteiger partial charge is 0.451 e. The van der Waals surface area contributed by atoms with E-state index in [0.29, 0.717) is 14.7 Å². The SMILES string of the molecule is Cc1c(C(=O)NNC(=O)c2cc([N+](=O)[O-])ccc2I)oc2ccccc12. The summed E-state index contributed by atoms with van der Waals surface area (Å²) >= 11 is 1.88. The highest BCUT2D eigenvalue weighted by Crippen LogP contribution is 2.24. The summed E-state index contributed by atoms with van der Waals surface area (Å²) < 4.78 is 6.03. The highest BCUT2D eigenvalue weighted by molar-refractivity contribution is 14.1. The van der Waals surface area contributed by atoms with Gasteiger partial charge in [-0.1, -0.05) is 18.2 Å². The Balaban J connectivity index is 1.77. The molecule has 0 saturated heterocycles. The molecule has 2 aromatic carbocycles. The molecule has 3 rings (SSSR count). The minimum Gasteiger partial charge on any atom is -0.451 e. The fraction of sp³-hybridized carbons (Fsp3) is 0.0588. The molecule has 0 unspecified atom stereocenters. The Hall–Kier alpha value is -2.95. The molecule has 0 spiro atoms. The van der Waals surface area contributed by atoms with Crippen molar-refractivity contribution in [2.45, 2.75) is 6.92 Å². The highest BCUT2D eigenvalue weighted by atomic mass is 127. The summed E-state index contributed by atoms with van der Waals surface area (Å²) in [5.74, 6) is -1.20. The summed E-state index contributed by atoms with van der Waals surface area (Å²) in [7, 11) is 0. The molecule has 8 nitrogen and oxygen atoms in total. The van der Waals surface area contributed by atoms with Gasteiger partial charge in [-0.2, -0.15) is 0 Å². The van der Waals surface area contributed by atoms with Crippen LogP contribution < -0.4 is 10.9 Å². The Morgan fingerprint density at radius 2 is 1.81 bits per heavy atom. The average Bonchev–Trinajstić information content (AvgIpc) is 2.97. The van der Waals surface area contributed by atoms with Gasteiger partial charge in [-0.3, -0.25) is 30.6 Å². The van der Waals surface area contributed by atoms with E-state index in [1.165, 1.54) is 12.1 Å². The Morgan fingerprint density at radius 3 is 2.50 bits per heavy atom. The van der Waals surface area contributed by atoms with Gasteiger partial charge in [0.15, 0.2) is 5.76 Å². The van der Waals surface area contributed by atoms with Crippen LogP contribution in [0.15, 0.2) is 46.9 Å². The van der Waals surface area contributed by atoms with Crippen LogP contribution in [0.1, 0.15) is 26.5 Å². The molecule has 1 heterocycles. The first-order valence-corrected chi connectivity index (χ1v) is 8.49. The van der Waals surface area contributed by atoms with Gasteiger partial charge in [-0.05, 0) is 41.6 Å². The van der Waals surface area contributed by atoms with Crippen LogP contribution in [0.5, 0.6) is 0 Å². The maximum Gasteiger partial charge on any atom is 0.305 e. The third kappa shape index (κ3) is 3.38. The van der Waals surface area contributed by atoms with Gasteiger partial charge in [-0.15, -0.1) is 0 Å². The second-order valence-corrected chi connectivity index (χ2v) is 6.54. The molecule has 26 heavy (non-hydrogen) atoms. The number of halogens is 1. The van der Waals surface area contributed by atoms with Crippen molar-refractivity contribution in [1.29, 1.82) is 0 Å². The summed E-state index contributed by atoms with van der Waals surface area (Å²) in [4.78, 5) is 34.8. The molecule has 132 valence electrons. The number of amides is 2. The lowest BCUT2D eigenvalue weighted by Crippen LogP contribution is -2.42. The number of hydrogen-bond acceptors (Lipinski definition) is 5. The zero-order valence-corrected chi connectivity index (χ0v) is 15.6.